The fourth-order valence-electron chi connectivity index (χ4n) is 4.86. The molecular weight excluding hydrogens is 566 g/mol. The second-order valence-electron chi connectivity index (χ2n) is 10.9. The third-order valence-electron chi connectivity index (χ3n) is 7.16. The number of hydrogen-bond acceptors (Lipinski definition) is 9. The van der Waals surface area contributed by atoms with Crippen molar-refractivity contribution in [1.29, 1.82) is 0 Å². The third-order valence-corrected chi connectivity index (χ3v) is 7.16. The zero-order valence-electron chi connectivity index (χ0n) is 25.6. The molecule has 3 rings (SSSR count). The number of benzene rings is 2. The molecule has 3 amide bonds. The number of carbonyl (C=O) groups excluding carboxylic acids is 4. The molecule has 0 saturated heterocycles. The van der Waals surface area contributed by atoms with E-state index in [9.17, 15) is 24.4 Å². The summed E-state index contributed by atoms with van der Waals surface area (Å²) in [4.78, 5) is 53.2. The molecule has 0 radical (unpaired) electrons. The number of H-pyrrole nitrogens is 1. The Morgan fingerprint density at radius 2 is 1.70 bits per heavy atom. The van der Waals surface area contributed by atoms with E-state index in [4.69, 9.17) is 4.74 Å². The van der Waals surface area contributed by atoms with E-state index in [2.05, 4.69) is 32.9 Å². The molecule has 0 aliphatic heterocycles. The number of nitrogens with one attached hydrogen (secondary N) is 3. The fraction of sp³-hybridized carbons (Fsp3) is 0.452. The number of rotatable bonds is 16. The molecule has 0 fully saturated rings. The van der Waals surface area contributed by atoms with Gasteiger partial charge >= 0.3 is 5.97 Å². The van der Waals surface area contributed by atoms with E-state index in [1.165, 1.54) is 12.6 Å². The van der Waals surface area contributed by atoms with Crippen LogP contribution in [0.3, 0.4) is 0 Å². The number of tetrazole rings is 1. The Morgan fingerprint density at radius 1 is 1.00 bits per heavy atom. The van der Waals surface area contributed by atoms with Crippen LogP contribution < -0.4 is 10.8 Å². The van der Waals surface area contributed by atoms with Gasteiger partial charge in [0.05, 0.1) is 13.5 Å². The molecule has 4 N–H and O–H groups in total. The number of unbranched alkanes of at least 4 members (excludes halogenated alkanes) is 2. The SMILES string of the molecule is CCCCCN(Cc1ccc(-c2ccccc2-c2nn[nH]n2)cc1)C(=O)[C@H](CC(=O)OC)NC(=O)C(CC(C)C)C(=O)NO. The lowest BCUT2D eigenvalue weighted by atomic mass is 9.95. The molecule has 13 heteroatoms. The normalized spacial score (nSPS) is 12.3. The van der Waals surface area contributed by atoms with Crippen molar-refractivity contribution in [2.45, 2.75) is 65.5 Å². The van der Waals surface area contributed by atoms with E-state index in [1.54, 1.807) is 4.90 Å². The monoisotopic (exact) mass is 607 g/mol. The first kappa shape index (κ1) is 33.8. The number of methoxy groups -OCH3 is 1. The molecule has 0 bridgehead atoms. The second-order valence-corrected chi connectivity index (χ2v) is 10.9. The van der Waals surface area contributed by atoms with E-state index < -0.39 is 42.1 Å². The highest BCUT2D eigenvalue weighted by Gasteiger charge is 2.34. The van der Waals surface area contributed by atoms with Crippen LogP contribution in [0.2, 0.25) is 0 Å². The molecule has 0 spiro atoms. The van der Waals surface area contributed by atoms with Gasteiger partial charge in [-0.25, -0.2) is 5.48 Å². The Morgan fingerprint density at radius 3 is 2.30 bits per heavy atom. The minimum Gasteiger partial charge on any atom is -0.469 e. The van der Waals surface area contributed by atoms with Gasteiger partial charge in [-0.15, -0.1) is 10.2 Å². The van der Waals surface area contributed by atoms with Gasteiger partial charge in [0.25, 0.3) is 5.91 Å². The summed E-state index contributed by atoms with van der Waals surface area (Å²) in [6.07, 6.45) is 2.27. The maximum absolute atomic E-state index is 13.9. The summed E-state index contributed by atoms with van der Waals surface area (Å²) in [6, 6.07) is 14.2. The van der Waals surface area contributed by atoms with E-state index in [0.717, 1.165) is 41.5 Å². The number of amides is 3. The first-order chi connectivity index (χ1) is 21.2. The lowest BCUT2D eigenvalue weighted by Crippen LogP contribution is -2.52. The lowest BCUT2D eigenvalue weighted by Gasteiger charge is -2.29. The van der Waals surface area contributed by atoms with E-state index in [0.29, 0.717) is 12.4 Å². The Hall–Kier alpha value is -4.65. The summed E-state index contributed by atoms with van der Waals surface area (Å²) >= 11 is 0. The van der Waals surface area contributed by atoms with Gasteiger partial charge in [-0.1, -0.05) is 82.1 Å². The molecule has 1 heterocycles. The van der Waals surface area contributed by atoms with Crippen molar-refractivity contribution in [3.63, 3.8) is 0 Å². The fourth-order valence-corrected chi connectivity index (χ4v) is 4.86. The molecule has 3 aromatic rings. The van der Waals surface area contributed by atoms with Gasteiger partial charge in [0.1, 0.15) is 12.0 Å². The van der Waals surface area contributed by atoms with Crippen LogP contribution in [0.15, 0.2) is 48.5 Å². The van der Waals surface area contributed by atoms with Gasteiger partial charge in [0.15, 0.2) is 0 Å². The quantitative estimate of drug-likeness (QED) is 0.0625. The number of esters is 1. The van der Waals surface area contributed by atoms with Crippen LogP contribution in [-0.4, -0.2) is 74.1 Å². The molecule has 0 saturated carbocycles. The Kier molecular flexibility index (Phi) is 13.0. The molecule has 44 heavy (non-hydrogen) atoms. The van der Waals surface area contributed by atoms with Crippen LogP contribution in [-0.2, 0) is 30.5 Å². The third kappa shape index (κ3) is 9.43. The number of aromatic nitrogens is 4. The molecule has 1 aromatic heterocycles. The maximum Gasteiger partial charge on any atom is 0.308 e. The Labute approximate surface area is 256 Å². The molecule has 0 aliphatic carbocycles. The minimum absolute atomic E-state index is 0.0505. The summed E-state index contributed by atoms with van der Waals surface area (Å²) in [5, 5.41) is 26.1. The number of aromatic amines is 1. The number of nitrogens with zero attached hydrogens (tertiary/aromatic N) is 4. The first-order valence-electron chi connectivity index (χ1n) is 14.7. The van der Waals surface area contributed by atoms with Crippen molar-refractivity contribution in [3.05, 3.63) is 54.1 Å². The molecule has 0 aliphatic rings. The van der Waals surface area contributed by atoms with E-state index in [1.807, 2.05) is 62.4 Å². The Balaban J connectivity index is 1.86. The predicted octanol–water partition coefficient (Wildman–Crippen LogP) is 3.27. The van der Waals surface area contributed by atoms with E-state index in [-0.39, 0.29) is 18.9 Å². The topological polar surface area (TPSA) is 180 Å². The first-order valence-corrected chi connectivity index (χ1v) is 14.7. The molecule has 236 valence electrons. The highest BCUT2D eigenvalue weighted by molar-refractivity contribution is 6.02. The summed E-state index contributed by atoms with van der Waals surface area (Å²) in [7, 11) is 1.20. The van der Waals surface area contributed by atoms with Crippen molar-refractivity contribution in [2.24, 2.45) is 11.8 Å². The van der Waals surface area contributed by atoms with Gasteiger partial charge in [-0.3, -0.25) is 24.4 Å². The van der Waals surface area contributed by atoms with Crippen LogP contribution in [0.4, 0.5) is 0 Å². The van der Waals surface area contributed by atoms with Gasteiger partial charge < -0.3 is 15.0 Å². The summed E-state index contributed by atoms with van der Waals surface area (Å²) in [5.41, 5.74) is 5.03. The summed E-state index contributed by atoms with van der Waals surface area (Å²) in [6.45, 7) is 6.34. The van der Waals surface area contributed by atoms with Crippen LogP contribution in [0.1, 0.15) is 58.4 Å². The molecule has 1 unspecified atom stereocenters. The van der Waals surface area contributed by atoms with Crippen molar-refractivity contribution < 1.29 is 29.1 Å². The Bertz CT molecular complexity index is 1380. The van der Waals surface area contributed by atoms with Gasteiger partial charge in [-0.2, -0.15) is 5.21 Å². The molecule has 13 nitrogen and oxygen atoms in total. The zero-order valence-corrected chi connectivity index (χ0v) is 25.6. The average molecular weight is 608 g/mol. The predicted molar refractivity (Wildman–Crippen MR) is 161 cm³/mol. The lowest BCUT2D eigenvalue weighted by molar-refractivity contribution is -0.147. The standard InChI is InChI=1S/C31H41N7O6/c1-5-6-9-16-38(31(42)26(18-27(39)44-4)32-29(40)25(17-20(2)3)30(41)35-43)19-21-12-14-22(15-13-21)23-10-7-8-11-24(23)28-33-36-37-34-28/h7-8,10-15,20,25-26,43H,5-6,9,16-19H2,1-4H3,(H,32,40)(H,35,41)(H,33,34,36,37)/t25?,26-/m0/s1. The zero-order chi connectivity index (χ0) is 32.1. The highest BCUT2D eigenvalue weighted by Crippen LogP contribution is 2.30. The van der Waals surface area contributed by atoms with Crippen molar-refractivity contribution in [2.75, 3.05) is 13.7 Å². The largest absolute Gasteiger partial charge is 0.469 e. The van der Waals surface area contributed by atoms with Crippen LogP contribution in [0, 0.1) is 11.8 Å². The van der Waals surface area contributed by atoms with Crippen molar-refractivity contribution >= 4 is 23.7 Å². The highest BCUT2D eigenvalue weighted by atomic mass is 16.5. The van der Waals surface area contributed by atoms with Gasteiger partial charge in [0.2, 0.25) is 17.6 Å². The van der Waals surface area contributed by atoms with E-state index >= 15 is 0 Å². The smallest absolute Gasteiger partial charge is 0.308 e. The maximum atomic E-state index is 13.9. The molecular formula is C31H41N7O6. The van der Waals surface area contributed by atoms with Crippen LogP contribution >= 0.6 is 0 Å². The van der Waals surface area contributed by atoms with Gasteiger partial charge in [-0.05, 0) is 40.7 Å². The minimum atomic E-state index is -1.26. The number of ether oxygens (including phenoxy) is 1. The summed E-state index contributed by atoms with van der Waals surface area (Å²) in [5.74, 6) is -3.63. The number of carbonyl (C=O) groups is 4. The van der Waals surface area contributed by atoms with Gasteiger partial charge in [0, 0.05) is 18.7 Å². The average Bonchev–Trinajstić information content (AvgIpc) is 3.57. The second kappa shape index (κ2) is 16.8. The van der Waals surface area contributed by atoms with Crippen LogP contribution in [0.5, 0.6) is 0 Å². The van der Waals surface area contributed by atoms with Crippen LogP contribution in [0.25, 0.3) is 22.5 Å². The van der Waals surface area contributed by atoms with Crippen molar-refractivity contribution in [1.82, 2.24) is 36.3 Å². The van der Waals surface area contributed by atoms with Crippen molar-refractivity contribution in [3.8, 4) is 22.5 Å². The molecule has 2 atom stereocenters. The number of hydroxylamine groups is 1. The summed E-state index contributed by atoms with van der Waals surface area (Å²) < 4.78 is 4.80. The number of hydrogen-bond donors (Lipinski definition) is 4. The molecule has 2 aromatic carbocycles.